The average molecular weight is 400 g/mol. The second-order valence-electron chi connectivity index (χ2n) is 7.43. The van der Waals surface area contributed by atoms with Gasteiger partial charge in [-0.3, -0.25) is 18.6 Å². The number of thioether (sulfide) groups is 1. The third-order valence-corrected chi connectivity index (χ3v) is 6.19. The first-order valence-corrected chi connectivity index (χ1v) is 10.9. The molecule has 28 heavy (non-hydrogen) atoms. The quantitative estimate of drug-likeness (QED) is 0.589. The molecular weight excluding hydrogens is 374 g/mol. The molecule has 0 saturated heterocycles. The molecule has 2 aromatic heterocycles. The lowest BCUT2D eigenvalue weighted by molar-refractivity contribution is -0.119. The lowest BCUT2D eigenvalue weighted by Crippen LogP contribution is -2.35. The van der Waals surface area contributed by atoms with Gasteiger partial charge >= 0.3 is 0 Å². The van der Waals surface area contributed by atoms with Gasteiger partial charge in [-0.1, -0.05) is 37.2 Å². The van der Waals surface area contributed by atoms with Gasteiger partial charge in [-0.05, 0) is 44.2 Å². The Morgan fingerprint density at radius 3 is 2.86 bits per heavy atom. The first kappa shape index (κ1) is 19.0. The van der Waals surface area contributed by atoms with Crippen LogP contribution in [-0.2, 0) is 11.3 Å². The van der Waals surface area contributed by atoms with Gasteiger partial charge in [-0.2, -0.15) is 0 Å². The molecule has 8 heteroatoms. The van der Waals surface area contributed by atoms with Crippen LogP contribution in [0, 0.1) is 5.92 Å². The van der Waals surface area contributed by atoms with E-state index in [1.165, 1.54) is 24.6 Å². The van der Waals surface area contributed by atoms with Gasteiger partial charge in [-0.15, -0.1) is 10.2 Å². The summed E-state index contributed by atoms with van der Waals surface area (Å²) in [5.74, 6) is 1.44. The molecule has 1 amide bonds. The van der Waals surface area contributed by atoms with E-state index >= 15 is 0 Å². The maximum absolute atomic E-state index is 12.9. The van der Waals surface area contributed by atoms with Crippen LogP contribution >= 0.6 is 11.8 Å². The summed E-state index contributed by atoms with van der Waals surface area (Å²) in [4.78, 5) is 25.2. The van der Waals surface area contributed by atoms with Crippen molar-refractivity contribution in [3.63, 3.8) is 0 Å². The van der Waals surface area contributed by atoms with Gasteiger partial charge in [0.15, 0.2) is 5.16 Å². The summed E-state index contributed by atoms with van der Waals surface area (Å²) in [6.07, 6.45) is 4.28. The monoisotopic (exact) mass is 399 g/mol. The number of nitrogens with zero attached hydrogens (tertiary/aromatic N) is 4. The molecule has 148 valence electrons. The number of carbonyl (C=O) groups excluding carboxylic acids is 1. The topological polar surface area (TPSA) is 81.3 Å². The van der Waals surface area contributed by atoms with Crippen LogP contribution in [0.4, 0.5) is 0 Å². The number of para-hydroxylation sites is 1. The smallest absolute Gasteiger partial charge is 0.262 e. The SMILES string of the molecule is CCCCn1c(=O)c2ccccc2n2c(SCC(=O)N[C@@H](C)C3CC3)nnc12. The Morgan fingerprint density at radius 2 is 2.11 bits per heavy atom. The highest BCUT2D eigenvalue weighted by Gasteiger charge is 2.29. The van der Waals surface area contributed by atoms with Crippen LogP contribution in [0.25, 0.3) is 16.7 Å². The van der Waals surface area contributed by atoms with E-state index in [4.69, 9.17) is 0 Å². The Morgan fingerprint density at radius 1 is 1.32 bits per heavy atom. The molecule has 2 heterocycles. The molecule has 1 N–H and O–H groups in total. The minimum absolute atomic E-state index is 0.00441. The molecule has 0 spiro atoms. The van der Waals surface area contributed by atoms with E-state index in [0.717, 1.165) is 18.4 Å². The molecule has 1 atom stereocenters. The molecule has 3 aromatic rings. The lowest BCUT2D eigenvalue weighted by Gasteiger charge is -2.12. The number of amides is 1. The van der Waals surface area contributed by atoms with Crippen molar-refractivity contribution < 1.29 is 4.79 Å². The lowest BCUT2D eigenvalue weighted by atomic mass is 10.2. The van der Waals surface area contributed by atoms with Crippen LogP contribution in [0.2, 0.25) is 0 Å². The van der Waals surface area contributed by atoms with E-state index in [1.54, 1.807) is 4.57 Å². The highest BCUT2D eigenvalue weighted by molar-refractivity contribution is 7.99. The van der Waals surface area contributed by atoms with Crippen molar-refractivity contribution >= 4 is 34.3 Å². The number of fused-ring (bicyclic) bond motifs is 3. The summed E-state index contributed by atoms with van der Waals surface area (Å²) in [5.41, 5.74) is 0.728. The maximum Gasteiger partial charge on any atom is 0.262 e. The minimum atomic E-state index is -0.0449. The second kappa shape index (κ2) is 7.95. The molecule has 1 fully saturated rings. The predicted octanol–water partition coefficient (Wildman–Crippen LogP) is 2.85. The molecule has 0 radical (unpaired) electrons. The third-order valence-electron chi connectivity index (χ3n) is 5.26. The van der Waals surface area contributed by atoms with Crippen molar-refractivity contribution in [2.75, 3.05) is 5.75 Å². The molecular formula is C20H25N5O2S. The zero-order chi connectivity index (χ0) is 19.7. The summed E-state index contributed by atoms with van der Waals surface area (Å²) >= 11 is 1.35. The zero-order valence-corrected chi connectivity index (χ0v) is 17.0. The fourth-order valence-electron chi connectivity index (χ4n) is 3.48. The van der Waals surface area contributed by atoms with Crippen LogP contribution < -0.4 is 10.9 Å². The van der Waals surface area contributed by atoms with E-state index in [2.05, 4.69) is 29.4 Å². The van der Waals surface area contributed by atoms with Crippen molar-refractivity contribution in [1.29, 1.82) is 0 Å². The first-order valence-electron chi connectivity index (χ1n) is 9.89. The molecule has 1 aliphatic rings. The van der Waals surface area contributed by atoms with Crippen LogP contribution in [0.3, 0.4) is 0 Å². The van der Waals surface area contributed by atoms with E-state index in [-0.39, 0.29) is 23.3 Å². The summed E-state index contributed by atoms with van der Waals surface area (Å²) < 4.78 is 3.59. The number of aryl methyl sites for hydroxylation is 1. The summed E-state index contributed by atoms with van der Waals surface area (Å²) in [6.45, 7) is 4.76. The summed E-state index contributed by atoms with van der Waals surface area (Å²) in [5, 5.41) is 12.9. The van der Waals surface area contributed by atoms with Gasteiger partial charge in [0, 0.05) is 12.6 Å². The fourth-order valence-corrected chi connectivity index (χ4v) is 4.24. The number of aromatic nitrogens is 4. The standard InChI is InChI=1S/C20H25N5O2S/c1-3-4-11-24-18(27)15-7-5-6-8-16(15)25-19(24)22-23-20(25)28-12-17(26)21-13(2)14-9-10-14/h5-8,13-14H,3-4,9-12H2,1-2H3,(H,21,26)/t13-/m0/s1. The summed E-state index contributed by atoms with van der Waals surface area (Å²) in [6, 6.07) is 7.72. The number of rotatable bonds is 8. The Labute approximate surface area is 167 Å². The van der Waals surface area contributed by atoms with E-state index in [9.17, 15) is 9.59 Å². The van der Waals surface area contributed by atoms with Crippen molar-refractivity contribution in [3.8, 4) is 0 Å². The van der Waals surface area contributed by atoms with Gasteiger partial charge in [0.2, 0.25) is 11.7 Å². The van der Waals surface area contributed by atoms with Crippen LogP contribution in [0.5, 0.6) is 0 Å². The molecule has 1 aliphatic carbocycles. The van der Waals surface area contributed by atoms with Crippen molar-refractivity contribution in [2.24, 2.45) is 5.92 Å². The molecule has 1 saturated carbocycles. The number of hydrogen-bond acceptors (Lipinski definition) is 5. The molecule has 0 bridgehead atoms. The van der Waals surface area contributed by atoms with Gasteiger partial charge < -0.3 is 5.32 Å². The number of hydrogen-bond donors (Lipinski definition) is 1. The summed E-state index contributed by atoms with van der Waals surface area (Å²) in [7, 11) is 0. The fraction of sp³-hybridized carbons (Fsp3) is 0.500. The molecule has 4 rings (SSSR count). The highest BCUT2D eigenvalue weighted by Crippen LogP contribution is 2.32. The highest BCUT2D eigenvalue weighted by atomic mass is 32.2. The minimum Gasteiger partial charge on any atom is -0.353 e. The van der Waals surface area contributed by atoms with E-state index in [1.807, 2.05) is 28.7 Å². The van der Waals surface area contributed by atoms with E-state index < -0.39 is 0 Å². The Hall–Kier alpha value is -2.35. The van der Waals surface area contributed by atoms with Gasteiger partial charge in [0.05, 0.1) is 16.7 Å². The Bertz CT molecular complexity index is 1070. The van der Waals surface area contributed by atoms with Crippen LogP contribution in [-0.4, -0.2) is 36.9 Å². The second-order valence-corrected chi connectivity index (χ2v) is 8.37. The van der Waals surface area contributed by atoms with Crippen LogP contribution in [0.1, 0.15) is 39.5 Å². The van der Waals surface area contributed by atoms with Gasteiger partial charge in [0.1, 0.15) is 0 Å². The molecule has 7 nitrogen and oxygen atoms in total. The largest absolute Gasteiger partial charge is 0.353 e. The molecule has 1 aromatic carbocycles. The molecule has 0 aliphatic heterocycles. The Balaban J connectivity index is 1.66. The number of carbonyl (C=O) groups is 1. The first-order chi connectivity index (χ1) is 13.6. The zero-order valence-electron chi connectivity index (χ0n) is 16.2. The number of unbranched alkanes of at least 4 members (excludes halogenated alkanes) is 1. The van der Waals surface area contributed by atoms with Gasteiger partial charge in [-0.25, -0.2) is 0 Å². The van der Waals surface area contributed by atoms with Gasteiger partial charge in [0.25, 0.3) is 5.56 Å². The van der Waals surface area contributed by atoms with Crippen molar-refractivity contribution in [1.82, 2.24) is 24.5 Å². The van der Waals surface area contributed by atoms with Crippen molar-refractivity contribution in [3.05, 3.63) is 34.6 Å². The average Bonchev–Trinajstić information content (AvgIpc) is 3.47. The maximum atomic E-state index is 12.9. The normalized spacial score (nSPS) is 15.2. The Kier molecular flexibility index (Phi) is 5.39. The van der Waals surface area contributed by atoms with Crippen LogP contribution in [0.15, 0.2) is 34.2 Å². The predicted molar refractivity (Wildman–Crippen MR) is 111 cm³/mol. The molecule has 0 unspecified atom stereocenters. The van der Waals surface area contributed by atoms with E-state index in [0.29, 0.717) is 28.8 Å². The van der Waals surface area contributed by atoms with Crippen molar-refractivity contribution in [2.45, 2.75) is 57.3 Å². The number of benzene rings is 1. The number of nitrogens with one attached hydrogen (secondary N) is 1. The third kappa shape index (κ3) is 3.65.